The number of hydrogen-bond donors (Lipinski definition) is 0. The molecule has 2 rings (SSSR count). The Labute approximate surface area is 127 Å². The van der Waals surface area contributed by atoms with Gasteiger partial charge in [-0.15, -0.1) is 13.2 Å². The Morgan fingerprint density at radius 3 is 2.20 bits per heavy atom. The Hall–Kier alpha value is -1.20. The van der Waals surface area contributed by atoms with Crippen molar-refractivity contribution in [3.63, 3.8) is 0 Å². The molecule has 2 aromatic carbocycles. The first-order chi connectivity index (χ1) is 9.37. The molecule has 0 spiro atoms. The van der Waals surface area contributed by atoms with Crippen molar-refractivity contribution in [3.05, 3.63) is 53.1 Å². The van der Waals surface area contributed by atoms with Crippen LogP contribution in [0.3, 0.4) is 0 Å². The molecule has 6 heteroatoms. The minimum Gasteiger partial charge on any atom is -0.406 e. The van der Waals surface area contributed by atoms with E-state index in [0.29, 0.717) is 10.4 Å². The van der Waals surface area contributed by atoms with Crippen molar-refractivity contribution in [1.29, 1.82) is 0 Å². The van der Waals surface area contributed by atoms with Gasteiger partial charge in [-0.05, 0) is 41.0 Å². The molecule has 0 bridgehead atoms. The summed E-state index contributed by atoms with van der Waals surface area (Å²) in [6.45, 7) is 0. The quantitative estimate of drug-likeness (QED) is 0.625. The van der Waals surface area contributed by atoms with Gasteiger partial charge in [0.15, 0.2) is 0 Å². The highest BCUT2D eigenvalue weighted by Gasteiger charge is 2.30. The zero-order valence-electron chi connectivity index (χ0n) is 10.0. The lowest BCUT2D eigenvalue weighted by Crippen LogP contribution is -2.16. The van der Waals surface area contributed by atoms with E-state index in [2.05, 4.69) is 20.7 Å². The zero-order chi connectivity index (χ0) is 14.8. The lowest BCUT2D eigenvalue weighted by Gasteiger charge is -2.10. The topological polar surface area (TPSA) is 9.23 Å². The number of hydrogen-bond acceptors (Lipinski definition) is 1. The third kappa shape index (κ3) is 4.15. The predicted octanol–water partition coefficient (Wildman–Crippen LogP) is 5.80. The normalized spacial score (nSPS) is 11.4. The second-order valence-corrected chi connectivity index (χ2v) is 5.05. The number of benzene rings is 2. The second-order valence-electron chi connectivity index (χ2n) is 4.05. The molecule has 1 nitrogen and oxygen atoms in total. The van der Waals surface area contributed by atoms with Gasteiger partial charge in [-0.1, -0.05) is 45.7 Å². The first kappa shape index (κ1) is 15.2. The van der Waals surface area contributed by atoms with Crippen LogP contribution in [0.25, 0.3) is 11.1 Å². The fourth-order valence-electron chi connectivity index (χ4n) is 1.74. The first-order valence-electron chi connectivity index (χ1n) is 5.59. The fourth-order valence-corrected chi connectivity index (χ4v) is 2.32. The second kappa shape index (κ2) is 6.06. The number of rotatable bonds is 3. The number of alkyl halides is 4. The SMILES string of the molecule is FC(F)(F)Oc1ccc(-c2cc(Cl)cc(CBr)c2)cc1. The maximum atomic E-state index is 12.1. The summed E-state index contributed by atoms with van der Waals surface area (Å²) in [5.41, 5.74) is 2.60. The fraction of sp³-hybridized carbons (Fsp3) is 0.143. The van der Waals surface area contributed by atoms with Gasteiger partial charge < -0.3 is 4.74 Å². The molecule has 0 aliphatic heterocycles. The molecule has 0 heterocycles. The Morgan fingerprint density at radius 2 is 1.65 bits per heavy atom. The highest BCUT2D eigenvalue weighted by molar-refractivity contribution is 9.08. The van der Waals surface area contributed by atoms with Crippen LogP contribution in [0.5, 0.6) is 5.75 Å². The van der Waals surface area contributed by atoms with Gasteiger partial charge in [0.25, 0.3) is 0 Å². The third-order valence-electron chi connectivity index (χ3n) is 2.53. The van der Waals surface area contributed by atoms with E-state index in [1.807, 2.05) is 12.1 Å². The van der Waals surface area contributed by atoms with Crippen molar-refractivity contribution in [2.45, 2.75) is 11.7 Å². The van der Waals surface area contributed by atoms with E-state index < -0.39 is 6.36 Å². The van der Waals surface area contributed by atoms with Crippen LogP contribution in [0, 0.1) is 0 Å². The summed E-state index contributed by atoms with van der Waals surface area (Å²) in [7, 11) is 0. The molecule has 0 fully saturated rings. The van der Waals surface area contributed by atoms with E-state index in [1.165, 1.54) is 12.1 Å². The van der Waals surface area contributed by atoms with E-state index in [0.717, 1.165) is 16.7 Å². The van der Waals surface area contributed by atoms with E-state index >= 15 is 0 Å². The van der Waals surface area contributed by atoms with E-state index in [1.54, 1.807) is 18.2 Å². The summed E-state index contributed by atoms with van der Waals surface area (Å²) in [5, 5.41) is 1.23. The molecular formula is C14H9BrClF3O. The predicted molar refractivity (Wildman–Crippen MR) is 76.2 cm³/mol. The molecule has 0 N–H and O–H groups in total. The Balaban J connectivity index is 2.28. The zero-order valence-corrected chi connectivity index (χ0v) is 12.4. The van der Waals surface area contributed by atoms with Crippen molar-refractivity contribution >= 4 is 27.5 Å². The summed E-state index contributed by atoms with van der Waals surface area (Å²) < 4.78 is 40.0. The molecule has 0 unspecified atom stereocenters. The standard InChI is InChI=1S/C14H9BrClF3O/c15-8-9-5-11(7-12(16)6-9)10-1-3-13(4-2-10)20-14(17,18)19/h1-7H,8H2. The maximum Gasteiger partial charge on any atom is 0.573 e. The molecule has 20 heavy (non-hydrogen) atoms. The van der Waals surface area contributed by atoms with Gasteiger partial charge in [0.05, 0.1) is 0 Å². The van der Waals surface area contributed by atoms with Crippen LogP contribution in [0.1, 0.15) is 5.56 Å². The van der Waals surface area contributed by atoms with Gasteiger partial charge in [0, 0.05) is 10.4 Å². The summed E-state index contributed by atoms with van der Waals surface area (Å²) in [4.78, 5) is 0. The van der Waals surface area contributed by atoms with Crippen LogP contribution >= 0.6 is 27.5 Å². The molecule has 0 aromatic heterocycles. The van der Waals surface area contributed by atoms with Crippen LogP contribution in [0.2, 0.25) is 5.02 Å². The minimum atomic E-state index is -4.68. The third-order valence-corrected chi connectivity index (χ3v) is 3.40. The van der Waals surface area contributed by atoms with Crippen LogP contribution in [-0.4, -0.2) is 6.36 Å². The number of halogens is 5. The van der Waals surface area contributed by atoms with Crippen molar-refractivity contribution in [2.75, 3.05) is 0 Å². The summed E-state index contributed by atoms with van der Waals surface area (Å²) in [6, 6.07) is 11.2. The van der Waals surface area contributed by atoms with Crippen LogP contribution in [-0.2, 0) is 5.33 Å². The Kier molecular flexibility index (Phi) is 4.60. The Morgan fingerprint density at radius 1 is 1.00 bits per heavy atom. The van der Waals surface area contributed by atoms with E-state index in [-0.39, 0.29) is 5.75 Å². The smallest absolute Gasteiger partial charge is 0.406 e. The molecule has 0 saturated carbocycles. The van der Waals surface area contributed by atoms with Crippen LogP contribution in [0.4, 0.5) is 13.2 Å². The van der Waals surface area contributed by atoms with Crippen molar-refractivity contribution in [3.8, 4) is 16.9 Å². The monoisotopic (exact) mass is 364 g/mol. The Bertz CT molecular complexity index is 596. The highest BCUT2D eigenvalue weighted by Crippen LogP contribution is 2.29. The van der Waals surface area contributed by atoms with Gasteiger partial charge in [0.2, 0.25) is 0 Å². The molecule has 0 saturated heterocycles. The van der Waals surface area contributed by atoms with Crippen LogP contribution in [0.15, 0.2) is 42.5 Å². The van der Waals surface area contributed by atoms with Crippen LogP contribution < -0.4 is 4.74 Å². The summed E-state index contributed by atoms with van der Waals surface area (Å²) in [5.74, 6) is -0.246. The van der Waals surface area contributed by atoms with Gasteiger partial charge in [0.1, 0.15) is 5.75 Å². The minimum absolute atomic E-state index is 0.246. The summed E-state index contributed by atoms with van der Waals surface area (Å²) >= 11 is 9.34. The highest BCUT2D eigenvalue weighted by atomic mass is 79.9. The molecular weight excluding hydrogens is 357 g/mol. The molecule has 0 amide bonds. The lowest BCUT2D eigenvalue weighted by molar-refractivity contribution is -0.274. The average molecular weight is 366 g/mol. The average Bonchev–Trinajstić information content (AvgIpc) is 2.37. The molecule has 2 aromatic rings. The van der Waals surface area contributed by atoms with E-state index in [4.69, 9.17) is 11.6 Å². The van der Waals surface area contributed by atoms with Gasteiger partial charge in [-0.2, -0.15) is 0 Å². The molecule has 0 aliphatic carbocycles. The lowest BCUT2D eigenvalue weighted by atomic mass is 10.0. The molecule has 106 valence electrons. The maximum absolute atomic E-state index is 12.1. The molecule has 0 radical (unpaired) electrons. The number of ether oxygens (including phenoxy) is 1. The first-order valence-corrected chi connectivity index (χ1v) is 7.09. The largest absolute Gasteiger partial charge is 0.573 e. The van der Waals surface area contributed by atoms with Crippen molar-refractivity contribution in [1.82, 2.24) is 0 Å². The summed E-state index contributed by atoms with van der Waals surface area (Å²) in [6.07, 6.45) is -4.68. The molecule has 0 atom stereocenters. The van der Waals surface area contributed by atoms with Gasteiger partial charge in [-0.25, -0.2) is 0 Å². The van der Waals surface area contributed by atoms with E-state index in [9.17, 15) is 13.2 Å². The molecule has 0 aliphatic rings. The van der Waals surface area contributed by atoms with Crippen molar-refractivity contribution in [2.24, 2.45) is 0 Å². The van der Waals surface area contributed by atoms with Gasteiger partial charge >= 0.3 is 6.36 Å². The van der Waals surface area contributed by atoms with Crippen molar-refractivity contribution < 1.29 is 17.9 Å². The van der Waals surface area contributed by atoms with Gasteiger partial charge in [-0.3, -0.25) is 0 Å².